The number of aromatic nitrogens is 1. The van der Waals surface area contributed by atoms with Crippen LogP contribution in [0.15, 0.2) is 42.5 Å². The molecule has 0 bridgehead atoms. The summed E-state index contributed by atoms with van der Waals surface area (Å²) in [6, 6.07) is 12.9. The van der Waals surface area contributed by atoms with E-state index in [1.165, 1.54) is 0 Å². The van der Waals surface area contributed by atoms with Gasteiger partial charge in [-0.3, -0.25) is 9.59 Å². The lowest BCUT2D eigenvalue weighted by Gasteiger charge is -2.24. The van der Waals surface area contributed by atoms with Crippen LogP contribution in [0.3, 0.4) is 0 Å². The van der Waals surface area contributed by atoms with Gasteiger partial charge in [0, 0.05) is 25.6 Å². The molecule has 2 heterocycles. The van der Waals surface area contributed by atoms with Gasteiger partial charge in [0.25, 0.3) is 5.91 Å². The smallest absolute Gasteiger partial charge is 0.254 e. The minimum absolute atomic E-state index is 0.0442. The minimum atomic E-state index is -0.169. The molecule has 1 saturated heterocycles. The number of hydrogen-bond donors (Lipinski definition) is 0. The van der Waals surface area contributed by atoms with Crippen LogP contribution < -0.4 is 4.90 Å². The molecule has 28 heavy (non-hydrogen) atoms. The highest BCUT2D eigenvalue weighted by Crippen LogP contribution is 2.33. The van der Waals surface area contributed by atoms with Crippen molar-refractivity contribution in [3.63, 3.8) is 0 Å². The van der Waals surface area contributed by atoms with Crippen molar-refractivity contribution in [3.05, 3.63) is 58.1 Å². The van der Waals surface area contributed by atoms with E-state index in [2.05, 4.69) is 4.98 Å². The van der Waals surface area contributed by atoms with Gasteiger partial charge in [-0.15, -0.1) is 11.3 Å². The second-order valence-electron chi connectivity index (χ2n) is 6.93. The maximum Gasteiger partial charge on any atom is 0.254 e. The van der Waals surface area contributed by atoms with Gasteiger partial charge in [-0.1, -0.05) is 23.7 Å². The minimum Gasteiger partial charge on any atom is -0.333 e. The molecule has 0 N–H and O–H groups in total. The lowest BCUT2D eigenvalue weighted by molar-refractivity contribution is -0.117. The van der Waals surface area contributed by atoms with Gasteiger partial charge in [0.2, 0.25) is 5.91 Å². The standard InChI is InChI=1S/C21H20ClN3O2S/c1-13(20-23-16-6-3-4-7-18(16)28-20)24(2)21(27)14-9-10-15(22)17(12-14)25-11-5-8-19(25)26/h3-4,6-7,9-10,12-13H,5,8,11H2,1-2H3/t13-/m1/s1. The molecule has 2 aromatic carbocycles. The maximum absolute atomic E-state index is 13.1. The predicted molar refractivity (Wildman–Crippen MR) is 113 cm³/mol. The largest absolute Gasteiger partial charge is 0.333 e. The summed E-state index contributed by atoms with van der Waals surface area (Å²) in [6.07, 6.45) is 1.32. The van der Waals surface area contributed by atoms with Crippen LogP contribution >= 0.6 is 22.9 Å². The summed E-state index contributed by atoms with van der Waals surface area (Å²) in [5.41, 5.74) is 2.06. The summed E-state index contributed by atoms with van der Waals surface area (Å²) in [5, 5.41) is 1.37. The number of amides is 2. The molecule has 2 amide bonds. The number of carbonyl (C=O) groups excluding carboxylic acids is 2. The fourth-order valence-electron chi connectivity index (χ4n) is 3.37. The summed E-state index contributed by atoms with van der Waals surface area (Å²) in [4.78, 5) is 33.2. The van der Waals surface area contributed by atoms with Crippen LogP contribution in [0.2, 0.25) is 5.02 Å². The van der Waals surface area contributed by atoms with Crippen molar-refractivity contribution in [2.75, 3.05) is 18.5 Å². The van der Waals surface area contributed by atoms with E-state index in [4.69, 9.17) is 11.6 Å². The number of hydrogen-bond acceptors (Lipinski definition) is 4. The first kappa shape index (κ1) is 18.9. The maximum atomic E-state index is 13.1. The molecule has 0 saturated carbocycles. The average Bonchev–Trinajstić information content (AvgIpc) is 3.32. The molecule has 144 valence electrons. The molecular formula is C21H20ClN3O2S. The first-order valence-corrected chi connectivity index (χ1v) is 10.4. The lowest BCUT2D eigenvalue weighted by Crippen LogP contribution is -2.30. The molecule has 3 aromatic rings. The number of nitrogens with zero attached hydrogens (tertiary/aromatic N) is 3. The van der Waals surface area contributed by atoms with Gasteiger partial charge in [0.05, 0.1) is 27.0 Å². The zero-order valence-electron chi connectivity index (χ0n) is 15.7. The van der Waals surface area contributed by atoms with Crippen LogP contribution in [-0.4, -0.2) is 35.3 Å². The quantitative estimate of drug-likeness (QED) is 0.610. The Bertz CT molecular complexity index is 1030. The Balaban J connectivity index is 1.60. The molecule has 0 radical (unpaired) electrons. The van der Waals surface area contributed by atoms with Crippen LogP contribution in [0.25, 0.3) is 10.2 Å². The van der Waals surface area contributed by atoms with Crippen LogP contribution in [0, 0.1) is 0 Å². The number of halogens is 1. The van der Waals surface area contributed by atoms with Crippen LogP contribution in [-0.2, 0) is 4.79 Å². The summed E-state index contributed by atoms with van der Waals surface area (Å²) in [5.74, 6) is -0.0842. The number of para-hydroxylation sites is 1. The first-order chi connectivity index (χ1) is 13.5. The van der Waals surface area contributed by atoms with E-state index < -0.39 is 0 Å². The molecule has 4 rings (SSSR count). The highest BCUT2D eigenvalue weighted by Gasteiger charge is 2.26. The van der Waals surface area contributed by atoms with E-state index in [0.717, 1.165) is 21.6 Å². The molecule has 0 spiro atoms. The molecular weight excluding hydrogens is 394 g/mol. The fourth-order valence-corrected chi connectivity index (χ4v) is 4.65. The normalized spacial score (nSPS) is 15.2. The summed E-state index contributed by atoms with van der Waals surface area (Å²) < 4.78 is 1.10. The number of anilines is 1. The molecule has 5 nitrogen and oxygen atoms in total. The lowest BCUT2D eigenvalue weighted by atomic mass is 10.1. The topological polar surface area (TPSA) is 53.5 Å². The molecule has 1 atom stereocenters. The molecule has 0 unspecified atom stereocenters. The van der Waals surface area contributed by atoms with E-state index in [-0.39, 0.29) is 17.9 Å². The monoisotopic (exact) mass is 413 g/mol. The molecule has 7 heteroatoms. The second-order valence-corrected chi connectivity index (χ2v) is 8.40. The highest BCUT2D eigenvalue weighted by atomic mass is 35.5. The summed E-state index contributed by atoms with van der Waals surface area (Å²) in [6.45, 7) is 2.60. The van der Waals surface area contributed by atoms with Gasteiger partial charge in [0.1, 0.15) is 5.01 Å². The van der Waals surface area contributed by atoms with Crippen molar-refractivity contribution in [2.24, 2.45) is 0 Å². The van der Waals surface area contributed by atoms with E-state index in [1.54, 1.807) is 46.4 Å². The van der Waals surface area contributed by atoms with Gasteiger partial charge < -0.3 is 9.80 Å². The van der Waals surface area contributed by atoms with Gasteiger partial charge in [0.15, 0.2) is 0 Å². The fraction of sp³-hybridized carbons (Fsp3) is 0.286. The molecule has 1 fully saturated rings. The van der Waals surface area contributed by atoms with E-state index in [0.29, 0.717) is 29.2 Å². The molecule has 1 aromatic heterocycles. The first-order valence-electron chi connectivity index (χ1n) is 9.18. The van der Waals surface area contributed by atoms with Crippen LogP contribution in [0.4, 0.5) is 5.69 Å². The Morgan fingerprint density at radius 2 is 2.07 bits per heavy atom. The average molecular weight is 414 g/mol. The number of thiazole rings is 1. The molecule has 0 aliphatic carbocycles. The summed E-state index contributed by atoms with van der Waals surface area (Å²) >= 11 is 7.90. The van der Waals surface area contributed by atoms with Gasteiger partial charge in [-0.2, -0.15) is 0 Å². The Morgan fingerprint density at radius 3 is 2.79 bits per heavy atom. The van der Waals surface area contributed by atoms with Gasteiger partial charge in [-0.25, -0.2) is 4.98 Å². The molecule has 1 aliphatic heterocycles. The SMILES string of the molecule is C[C@H](c1nc2ccccc2s1)N(C)C(=O)c1ccc(Cl)c(N2CCCC2=O)c1. The van der Waals surface area contributed by atoms with Crippen molar-refractivity contribution >= 4 is 50.7 Å². The third-order valence-electron chi connectivity index (χ3n) is 5.13. The molecule has 1 aliphatic rings. The predicted octanol–water partition coefficient (Wildman–Crippen LogP) is 4.91. The Labute approximate surface area is 172 Å². The van der Waals surface area contributed by atoms with Crippen molar-refractivity contribution in [3.8, 4) is 0 Å². The third-order valence-corrected chi connectivity index (χ3v) is 6.65. The van der Waals surface area contributed by atoms with Crippen molar-refractivity contribution in [1.29, 1.82) is 0 Å². The summed E-state index contributed by atoms with van der Waals surface area (Å²) in [7, 11) is 1.77. The zero-order valence-corrected chi connectivity index (χ0v) is 17.3. The zero-order chi connectivity index (χ0) is 19.8. The van der Waals surface area contributed by atoms with Crippen LogP contribution in [0.5, 0.6) is 0 Å². The highest BCUT2D eigenvalue weighted by molar-refractivity contribution is 7.18. The van der Waals surface area contributed by atoms with E-state index in [1.807, 2.05) is 31.2 Å². The Hall–Kier alpha value is -2.44. The van der Waals surface area contributed by atoms with Crippen molar-refractivity contribution < 1.29 is 9.59 Å². The third kappa shape index (κ3) is 3.38. The van der Waals surface area contributed by atoms with Crippen molar-refractivity contribution in [1.82, 2.24) is 9.88 Å². The second kappa shape index (κ2) is 7.53. The Morgan fingerprint density at radius 1 is 1.29 bits per heavy atom. The number of benzene rings is 2. The number of fused-ring (bicyclic) bond motifs is 1. The van der Waals surface area contributed by atoms with Crippen LogP contribution in [0.1, 0.15) is 41.2 Å². The van der Waals surface area contributed by atoms with E-state index in [9.17, 15) is 9.59 Å². The number of rotatable bonds is 4. The van der Waals surface area contributed by atoms with E-state index >= 15 is 0 Å². The van der Waals surface area contributed by atoms with Crippen molar-refractivity contribution in [2.45, 2.75) is 25.8 Å². The number of carbonyl (C=O) groups is 2. The Kier molecular flexibility index (Phi) is 5.08. The van der Waals surface area contributed by atoms with Gasteiger partial charge >= 0.3 is 0 Å². The van der Waals surface area contributed by atoms with Gasteiger partial charge in [-0.05, 0) is 43.7 Å².